The maximum Gasteiger partial charge on any atom is 0.294 e. The summed E-state index contributed by atoms with van der Waals surface area (Å²) in [6.45, 7) is 3.47. The minimum Gasteiger partial charge on any atom is -0.388 e. The Morgan fingerprint density at radius 2 is 1.79 bits per heavy atom. The Labute approximate surface area is 83.7 Å². The Morgan fingerprint density at radius 3 is 2.21 bits per heavy atom. The van der Waals surface area contributed by atoms with Crippen molar-refractivity contribution in [3.63, 3.8) is 0 Å². The maximum absolute atomic E-state index is 10.9. The van der Waals surface area contributed by atoms with E-state index < -0.39 is 10.1 Å². The molecule has 0 aliphatic heterocycles. The molecule has 0 radical (unpaired) electrons. The number of anilines is 1. The molecule has 0 saturated heterocycles. The van der Waals surface area contributed by atoms with Crippen LogP contribution in [-0.2, 0) is 10.1 Å². The smallest absolute Gasteiger partial charge is 0.294 e. The van der Waals surface area contributed by atoms with Crippen molar-refractivity contribution in [3.8, 4) is 0 Å². The van der Waals surface area contributed by atoms with Gasteiger partial charge in [-0.3, -0.25) is 4.55 Å². The molecule has 0 aromatic heterocycles. The predicted molar refractivity (Wildman–Crippen MR) is 55.3 cm³/mol. The Balaban J connectivity index is 3.47. The van der Waals surface area contributed by atoms with Crippen LogP contribution in [-0.4, -0.2) is 20.0 Å². The molecule has 2 N–H and O–H groups in total. The summed E-state index contributed by atoms with van der Waals surface area (Å²) in [5.74, 6) is 0. The summed E-state index contributed by atoms with van der Waals surface area (Å²) in [5, 5.41) is 2.94. The average molecular weight is 215 g/mol. The normalized spacial score (nSPS) is 11.4. The van der Waals surface area contributed by atoms with Crippen LogP contribution < -0.4 is 5.32 Å². The predicted octanol–water partition coefficient (Wildman–Crippen LogP) is 1.59. The molecule has 0 aliphatic rings. The minimum atomic E-state index is -4.11. The van der Waals surface area contributed by atoms with E-state index in [0.717, 1.165) is 11.3 Å². The van der Waals surface area contributed by atoms with Crippen LogP contribution >= 0.6 is 0 Å². The maximum atomic E-state index is 10.9. The summed E-state index contributed by atoms with van der Waals surface area (Å²) >= 11 is 0. The molecular weight excluding hydrogens is 202 g/mol. The second-order valence-electron chi connectivity index (χ2n) is 3.09. The van der Waals surface area contributed by atoms with E-state index in [-0.39, 0.29) is 4.90 Å². The second kappa shape index (κ2) is 3.59. The first kappa shape index (κ1) is 11.0. The van der Waals surface area contributed by atoms with Gasteiger partial charge in [-0.2, -0.15) is 8.42 Å². The molecule has 0 aliphatic carbocycles. The van der Waals surface area contributed by atoms with E-state index in [1.807, 2.05) is 0 Å². The van der Waals surface area contributed by atoms with Crippen LogP contribution in [0.2, 0.25) is 0 Å². The van der Waals surface area contributed by atoms with Crippen LogP contribution in [0.5, 0.6) is 0 Å². The van der Waals surface area contributed by atoms with Crippen molar-refractivity contribution in [2.75, 3.05) is 12.4 Å². The fourth-order valence-corrected chi connectivity index (χ4v) is 2.13. The molecule has 0 atom stereocenters. The summed E-state index contributed by atoms with van der Waals surface area (Å²) in [6.07, 6.45) is 0. The molecule has 0 heterocycles. The van der Waals surface area contributed by atoms with Crippen molar-refractivity contribution >= 4 is 15.8 Å². The highest BCUT2D eigenvalue weighted by Crippen LogP contribution is 2.24. The van der Waals surface area contributed by atoms with Gasteiger partial charge in [-0.15, -0.1) is 0 Å². The molecule has 0 saturated carbocycles. The van der Waals surface area contributed by atoms with Gasteiger partial charge in [0, 0.05) is 12.7 Å². The van der Waals surface area contributed by atoms with Crippen molar-refractivity contribution in [1.29, 1.82) is 0 Å². The molecule has 0 amide bonds. The van der Waals surface area contributed by atoms with Crippen LogP contribution in [0.3, 0.4) is 0 Å². The third-order valence-corrected chi connectivity index (χ3v) is 3.28. The third kappa shape index (κ3) is 1.88. The molecule has 78 valence electrons. The van der Waals surface area contributed by atoms with Gasteiger partial charge < -0.3 is 5.32 Å². The lowest BCUT2D eigenvalue weighted by molar-refractivity contribution is 0.482. The van der Waals surface area contributed by atoms with Crippen molar-refractivity contribution in [1.82, 2.24) is 0 Å². The summed E-state index contributed by atoms with van der Waals surface area (Å²) in [6, 6.07) is 3.02. The number of benzene rings is 1. The molecule has 0 unspecified atom stereocenters. The Bertz CT molecular complexity index is 451. The molecule has 1 aromatic carbocycles. The SMILES string of the molecule is CNc1ccc(S(=O)(=O)O)c(C)c1C. The molecule has 0 fully saturated rings. The fourth-order valence-electron chi connectivity index (χ4n) is 1.35. The molecule has 5 heteroatoms. The first-order valence-electron chi connectivity index (χ1n) is 4.13. The minimum absolute atomic E-state index is 0.0333. The van der Waals surface area contributed by atoms with Gasteiger partial charge in [0.25, 0.3) is 10.1 Å². The van der Waals surface area contributed by atoms with E-state index in [4.69, 9.17) is 4.55 Å². The summed E-state index contributed by atoms with van der Waals surface area (Å²) in [4.78, 5) is -0.0333. The largest absolute Gasteiger partial charge is 0.388 e. The second-order valence-corrected chi connectivity index (χ2v) is 4.48. The number of nitrogens with one attached hydrogen (secondary N) is 1. The van der Waals surface area contributed by atoms with Gasteiger partial charge >= 0.3 is 0 Å². The molecule has 0 bridgehead atoms. The average Bonchev–Trinajstić information content (AvgIpc) is 2.07. The zero-order chi connectivity index (χ0) is 10.9. The Morgan fingerprint density at radius 1 is 1.21 bits per heavy atom. The van der Waals surface area contributed by atoms with Gasteiger partial charge in [0.05, 0.1) is 4.90 Å². The zero-order valence-corrected chi connectivity index (χ0v) is 9.14. The summed E-state index contributed by atoms with van der Waals surface area (Å²) in [7, 11) is -2.35. The number of hydrogen-bond acceptors (Lipinski definition) is 3. The van der Waals surface area contributed by atoms with Crippen LogP contribution in [0.25, 0.3) is 0 Å². The number of rotatable bonds is 2. The van der Waals surface area contributed by atoms with Crippen LogP contribution in [0.15, 0.2) is 17.0 Å². The Hall–Kier alpha value is -1.07. The van der Waals surface area contributed by atoms with Gasteiger partial charge in [-0.05, 0) is 37.1 Å². The fraction of sp³-hybridized carbons (Fsp3) is 0.333. The number of hydrogen-bond donors (Lipinski definition) is 2. The van der Waals surface area contributed by atoms with E-state index in [2.05, 4.69) is 5.32 Å². The van der Waals surface area contributed by atoms with Gasteiger partial charge in [-0.25, -0.2) is 0 Å². The first-order valence-corrected chi connectivity index (χ1v) is 5.57. The molecule has 1 rings (SSSR count). The first-order chi connectivity index (χ1) is 6.38. The van der Waals surface area contributed by atoms with Gasteiger partial charge in [0.15, 0.2) is 0 Å². The molecule has 4 nitrogen and oxygen atoms in total. The monoisotopic (exact) mass is 215 g/mol. The lowest BCUT2D eigenvalue weighted by atomic mass is 10.1. The van der Waals surface area contributed by atoms with Gasteiger partial charge in [0.1, 0.15) is 0 Å². The summed E-state index contributed by atoms with van der Waals surface area (Å²) in [5.41, 5.74) is 2.25. The highest BCUT2D eigenvalue weighted by molar-refractivity contribution is 7.85. The molecule has 14 heavy (non-hydrogen) atoms. The van der Waals surface area contributed by atoms with Crippen molar-refractivity contribution in [2.45, 2.75) is 18.7 Å². The Kier molecular flexibility index (Phi) is 2.82. The van der Waals surface area contributed by atoms with Crippen molar-refractivity contribution in [2.24, 2.45) is 0 Å². The van der Waals surface area contributed by atoms with Crippen LogP contribution in [0.4, 0.5) is 5.69 Å². The van der Waals surface area contributed by atoms with E-state index in [1.54, 1.807) is 27.0 Å². The standard InChI is InChI=1S/C9H13NO3S/c1-6-7(2)9(14(11,12)13)5-4-8(6)10-3/h4-5,10H,1-3H3,(H,11,12,13). The highest BCUT2D eigenvalue weighted by atomic mass is 32.2. The van der Waals surface area contributed by atoms with E-state index >= 15 is 0 Å². The van der Waals surface area contributed by atoms with Crippen LogP contribution in [0.1, 0.15) is 11.1 Å². The van der Waals surface area contributed by atoms with Gasteiger partial charge in [-0.1, -0.05) is 0 Å². The summed E-state index contributed by atoms with van der Waals surface area (Å²) < 4.78 is 30.8. The molecular formula is C9H13NO3S. The van der Waals surface area contributed by atoms with Crippen molar-refractivity contribution < 1.29 is 13.0 Å². The molecule has 0 spiro atoms. The van der Waals surface area contributed by atoms with Gasteiger partial charge in [0.2, 0.25) is 0 Å². The van der Waals surface area contributed by atoms with Crippen LogP contribution in [0, 0.1) is 13.8 Å². The lowest BCUT2D eigenvalue weighted by Crippen LogP contribution is -2.04. The van der Waals surface area contributed by atoms with E-state index in [0.29, 0.717) is 5.56 Å². The van der Waals surface area contributed by atoms with Crippen molar-refractivity contribution in [3.05, 3.63) is 23.3 Å². The highest BCUT2D eigenvalue weighted by Gasteiger charge is 2.15. The topological polar surface area (TPSA) is 66.4 Å². The third-order valence-electron chi connectivity index (χ3n) is 2.28. The van der Waals surface area contributed by atoms with E-state index in [1.165, 1.54) is 6.07 Å². The zero-order valence-electron chi connectivity index (χ0n) is 8.33. The lowest BCUT2D eigenvalue weighted by Gasteiger charge is -2.10. The van der Waals surface area contributed by atoms with E-state index in [9.17, 15) is 8.42 Å². The quantitative estimate of drug-likeness (QED) is 0.735. The molecule has 1 aromatic rings.